The van der Waals surface area contributed by atoms with Gasteiger partial charge in [-0.25, -0.2) is 5.84 Å². The molecule has 1 fully saturated rings. The normalized spacial score (nSPS) is 26.2. The summed E-state index contributed by atoms with van der Waals surface area (Å²) in [4.78, 5) is 13.6. The predicted octanol–water partition coefficient (Wildman–Crippen LogP) is 0.644. The quantitative estimate of drug-likeness (QED) is 0.408. The van der Waals surface area contributed by atoms with E-state index in [1.54, 1.807) is 0 Å². The zero-order valence-corrected chi connectivity index (χ0v) is 11.1. The first-order valence-electron chi connectivity index (χ1n) is 6.44. The minimum absolute atomic E-state index is 0.154. The number of nitrogens with one attached hydrogen (secondary N) is 1. The summed E-state index contributed by atoms with van der Waals surface area (Å²) in [5.41, 5.74) is 2.15. The van der Waals surface area contributed by atoms with Crippen LogP contribution in [0.5, 0.6) is 0 Å². The summed E-state index contributed by atoms with van der Waals surface area (Å²) in [7, 11) is 2.11. The number of carbonyl (C=O) groups excluding carboxylic acids is 1. The minimum atomic E-state index is -0.361. The zero-order valence-electron chi connectivity index (χ0n) is 11.1. The molecule has 1 rings (SSSR count). The van der Waals surface area contributed by atoms with E-state index in [-0.39, 0.29) is 18.1 Å². The lowest BCUT2D eigenvalue weighted by atomic mass is 10.1. The summed E-state index contributed by atoms with van der Waals surface area (Å²) in [5.74, 6) is 4.89. The van der Waals surface area contributed by atoms with Gasteiger partial charge in [-0.15, -0.1) is 0 Å². The number of hydrogen-bond donors (Lipinski definition) is 2. The van der Waals surface area contributed by atoms with E-state index in [4.69, 9.17) is 10.6 Å². The molecule has 1 saturated heterocycles. The van der Waals surface area contributed by atoms with Crippen molar-refractivity contribution in [3.8, 4) is 0 Å². The van der Waals surface area contributed by atoms with E-state index in [2.05, 4.69) is 31.2 Å². The molecule has 0 saturated carbocycles. The molecule has 17 heavy (non-hydrogen) atoms. The van der Waals surface area contributed by atoms with Crippen molar-refractivity contribution in [2.45, 2.75) is 57.8 Å². The topological polar surface area (TPSA) is 67.6 Å². The van der Waals surface area contributed by atoms with Crippen molar-refractivity contribution >= 4 is 5.91 Å². The van der Waals surface area contributed by atoms with Crippen LogP contribution in [0.25, 0.3) is 0 Å². The lowest BCUT2D eigenvalue weighted by Gasteiger charge is -2.27. The van der Waals surface area contributed by atoms with Gasteiger partial charge in [-0.2, -0.15) is 0 Å². The van der Waals surface area contributed by atoms with E-state index in [0.717, 1.165) is 19.4 Å². The van der Waals surface area contributed by atoms with Gasteiger partial charge in [0.2, 0.25) is 0 Å². The summed E-state index contributed by atoms with van der Waals surface area (Å²) >= 11 is 0. The maximum Gasteiger partial charge on any atom is 0.263 e. The predicted molar refractivity (Wildman–Crippen MR) is 67.2 cm³/mol. The molecular weight excluding hydrogens is 218 g/mol. The van der Waals surface area contributed by atoms with Crippen LogP contribution in [0.3, 0.4) is 0 Å². The molecule has 100 valence electrons. The molecule has 1 aliphatic heterocycles. The van der Waals surface area contributed by atoms with Crippen molar-refractivity contribution in [3.63, 3.8) is 0 Å². The van der Waals surface area contributed by atoms with Crippen LogP contribution < -0.4 is 11.3 Å². The molecule has 0 aromatic rings. The van der Waals surface area contributed by atoms with Gasteiger partial charge in [0, 0.05) is 12.6 Å². The van der Waals surface area contributed by atoms with E-state index in [1.165, 1.54) is 12.8 Å². The van der Waals surface area contributed by atoms with Crippen molar-refractivity contribution in [1.82, 2.24) is 10.3 Å². The summed E-state index contributed by atoms with van der Waals surface area (Å²) in [6, 6.07) is 0.561. The number of hydrazine groups is 1. The van der Waals surface area contributed by atoms with Crippen LogP contribution in [0.1, 0.15) is 39.5 Å². The fourth-order valence-corrected chi connectivity index (χ4v) is 2.27. The van der Waals surface area contributed by atoms with Gasteiger partial charge in [0.15, 0.2) is 0 Å². The lowest BCUT2D eigenvalue weighted by Crippen LogP contribution is -2.40. The summed E-state index contributed by atoms with van der Waals surface area (Å²) in [5, 5.41) is 0. The molecule has 3 unspecified atom stereocenters. The van der Waals surface area contributed by atoms with E-state index in [0.29, 0.717) is 6.04 Å². The number of rotatable bonds is 6. The van der Waals surface area contributed by atoms with Gasteiger partial charge < -0.3 is 9.64 Å². The summed E-state index contributed by atoms with van der Waals surface area (Å²) in [6.07, 6.45) is 3.87. The molecular formula is C12H25N3O2. The smallest absolute Gasteiger partial charge is 0.263 e. The van der Waals surface area contributed by atoms with E-state index in [1.807, 2.05) is 0 Å². The number of amides is 1. The van der Waals surface area contributed by atoms with Gasteiger partial charge in [-0.1, -0.05) is 13.3 Å². The Morgan fingerprint density at radius 3 is 2.88 bits per heavy atom. The molecule has 0 radical (unpaired) electrons. The highest BCUT2D eigenvalue weighted by atomic mass is 16.5. The van der Waals surface area contributed by atoms with Crippen molar-refractivity contribution in [1.29, 1.82) is 0 Å². The SMILES string of the molecule is CCCC(C)N(C)CC1CCC(C(=O)NN)O1. The van der Waals surface area contributed by atoms with Crippen LogP contribution in [0.15, 0.2) is 0 Å². The molecule has 0 aromatic heterocycles. The highest BCUT2D eigenvalue weighted by Gasteiger charge is 2.31. The van der Waals surface area contributed by atoms with E-state index >= 15 is 0 Å². The molecule has 1 amide bonds. The lowest BCUT2D eigenvalue weighted by molar-refractivity contribution is -0.132. The van der Waals surface area contributed by atoms with Crippen LogP contribution in [0.4, 0.5) is 0 Å². The van der Waals surface area contributed by atoms with Gasteiger partial charge in [0.05, 0.1) is 6.10 Å². The summed E-state index contributed by atoms with van der Waals surface area (Å²) < 4.78 is 5.68. The Hall–Kier alpha value is -0.650. The number of carbonyl (C=O) groups is 1. The second-order valence-corrected chi connectivity index (χ2v) is 4.91. The van der Waals surface area contributed by atoms with Gasteiger partial charge in [0.1, 0.15) is 6.10 Å². The number of nitrogens with two attached hydrogens (primary N) is 1. The molecule has 1 heterocycles. The van der Waals surface area contributed by atoms with Gasteiger partial charge >= 0.3 is 0 Å². The molecule has 0 bridgehead atoms. The largest absolute Gasteiger partial charge is 0.364 e. The molecule has 0 aromatic carbocycles. The van der Waals surface area contributed by atoms with Crippen LogP contribution in [0.2, 0.25) is 0 Å². The van der Waals surface area contributed by atoms with Crippen molar-refractivity contribution < 1.29 is 9.53 Å². The Morgan fingerprint density at radius 2 is 2.29 bits per heavy atom. The molecule has 5 nitrogen and oxygen atoms in total. The second-order valence-electron chi connectivity index (χ2n) is 4.91. The highest BCUT2D eigenvalue weighted by molar-refractivity contribution is 5.80. The third-order valence-electron chi connectivity index (χ3n) is 3.49. The highest BCUT2D eigenvalue weighted by Crippen LogP contribution is 2.21. The van der Waals surface area contributed by atoms with Crippen molar-refractivity contribution in [3.05, 3.63) is 0 Å². The maximum atomic E-state index is 11.3. The Balaban J connectivity index is 2.32. The molecule has 5 heteroatoms. The third-order valence-corrected chi connectivity index (χ3v) is 3.49. The number of likely N-dealkylation sites (N-methyl/N-ethyl adjacent to an activating group) is 1. The fourth-order valence-electron chi connectivity index (χ4n) is 2.27. The van der Waals surface area contributed by atoms with Crippen LogP contribution in [-0.2, 0) is 9.53 Å². The average molecular weight is 243 g/mol. The fraction of sp³-hybridized carbons (Fsp3) is 0.917. The molecule has 0 spiro atoms. The van der Waals surface area contributed by atoms with Crippen molar-refractivity contribution in [2.24, 2.45) is 5.84 Å². The first-order chi connectivity index (χ1) is 8.08. The minimum Gasteiger partial charge on any atom is -0.364 e. The standard InChI is InChI=1S/C12H25N3O2/c1-4-5-9(2)15(3)8-10-6-7-11(17-10)12(16)14-13/h9-11H,4-8,13H2,1-3H3,(H,14,16). The first kappa shape index (κ1) is 14.4. The first-order valence-corrected chi connectivity index (χ1v) is 6.44. The molecule has 3 N–H and O–H groups in total. The molecule has 1 aliphatic rings. The van der Waals surface area contributed by atoms with Crippen LogP contribution in [-0.4, -0.2) is 42.6 Å². The molecule has 3 atom stereocenters. The third kappa shape index (κ3) is 4.26. The Kier molecular flexibility index (Phi) is 5.88. The van der Waals surface area contributed by atoms with Gasteiger partial charge in [0.25, 0.3) is 5.91 Å². The molecule has 0 aliphatic carbocycles. The van der Waals surface area contributed by atoms with Crippen LogP contribution >= 0.6 is 0 Å². The number of hydrogen-bond acceptors (Lipinski definition) is 4. The average Bonchev–Trinajstić information content (AvgIpc) is 2.76. The Morgan fingerprint density at radius 1 is 1.59 bits per heavy atom. The van der Waals surface area contributed by atoms with Crippen LogP contribution in [0, 0.1) is 0 Å². The van der Waals surface area contributed by atoms with E-state index < -0.39 is 0 Å². The Labute approximate surface area is 104 Å². The number of ether oxygens (including phenoxy) is 1. The summed E-state index contributed by atoms with van der Waals surface area (Å²) in [6.45, 7) is 5.30. The van der Waals surface area contributed by atoms with Gasteiger partial charge in [-0.05, 0) is 33.2 Å². The Bertz CT molecular complexity index is 248. The second kappa shape index (κ2) is 6.93. The van der Waals surface area contributed by atoms with Crippen molar-refractivity contribution in [2.75, 3.05) is 13.6 Å². The zero-order chi connectivity index (χ0) is 12.8. The maximum absolute atomic E-state index is 11.3. The monoisotopic (exact) mass is 243 g/mol. The van der Waals surface area contributed by atoms with Gasteiger partial charge in [-0.3, -0.25) is 10.2 Å². The van der Waals surface area contributed by atoms with E-state index in [9.17, 15) is 4.79 Å². The number of nitrogens with zero attached hydrogens (tertiary/aromatic N) is 1.